The van der Waals surface area contributed by atoms with Crippen LogP contribution in [0.25, 0.3) is 0 Å². The number of carboxylic acids is 1. The zero-order valence-corrected chi connectivity index (χ0v) is 20.8. The molecular formula is C24H50NO4P. The first-order valence-corrected chi connectivity index (χ1v) is 14.9. The fourth-order valence-corrected chi connectivity index (χ4v) is 6.54. The lowest BCUT2D eigenvalue weighted by Crippen LogP contribution is -2.40. The van der Waals surface area contributed by atoms with Gasteiger partial charge in [-0.05, 0) is 12.8 Å². The third-order valence-corrected chi connectivity index (χ3v) is 8.97. The molecule has 0 radical (unpaired) electrons. The van der Waals surface area contributed by atoms with Gasteiger partial charge in [0.05, 0.1) is 12.9 Å². The third-order valence-electron chi connectivity index (χ3n) is 5.94. The van der Waals surface area contributed by atoms with Crippen LogP contribution in [0.2, 0.25) is 0 Å². The van der Waals surface area contributed by atoms with Crippen LogP contribution in [0.15, 0.2) is 0 Å². The lowest BCUT2D eigenvalue weighted by atomic mass is 10.1. The number of aliphatic hydroxyl groups is 1. The first-order chi connectivity index (χ1) is 14.5. The van der Waals surface area contributed by atoms with Crippen LogP contribution in [0.3, 0.4) is 0 Å². The SMILES string of the molecule is CCCCCCCCCCP(=O)(CCCCCCCCCC)CN[C@@H](CO)C(=O)O. The maximum Gasteiger partial charge on any atom is 0.323 e. The molecule has 0 aliphatic heterocycles. The van der Waals surface area contributed by atoms with Gasteiger partial charge in [0.25, 0.3) is 0 Å². The Hall–Kier alpha value is -0.380. The number of carboxylic acid groups (broad SMARTS) is 1. The van der Waals surface area contributed by atoms with E-state index in [1.54, 1.807) is 0 Å². The average Bonchev–Trinajstić information content (AvgIpc) is 2.72. The fraction of sp³-hybridized carbons (Fsp3) is 0.958. The smallest absolute Gasteiger partial charge is 0.323 e. The highest BCUT2D eigenvalue weighted by atomic mass is 31.2. The third kappa shape index (κ3) is 17.3. The second-order valence-corrected chi connectivity index (χ2v) is 12.2. The van der Waals surface area contributed by atoms with Gasteiger partial charge in [-0.2, -0.15) is 0 Å². The van der Waals surface area contributed by atoms with Crippen molar-refractivity contribution in [2.24, 2.45) is 0 Å². The lowest BCUT2D eigenvalue weighted by Gasteiger charge is -2.21. The highest BCUT2D eigenvalue weighted by Gasteiger charge is 2.24. The summed E-state index contributed by atoms with van der Waals surface area (Å²) in [6.45, 7) is 3.98. The molecule has 0 aromatic heterocycles. The normalized spacial score (nSPS) is 12.9. The van der Waals surface area contributed by atoms with Crippen molar-refractivity contribution in [2.75, 3.05) is 25.2 Å². The van der Waals surface area contributed by atoms with Gasteiger partial charge in [-0.25, -0.2) is 0 Å². The highest BCUT2D eigenvalue weighted by molar-refractivity contribution is 7.63. The molecule has 0 aliphatic carbocycles. The van der Waals surface area contributed by atoms with E-state index < -0.39 is 25.8 Å². The van der Waals surface area contributed by atoms with E-state index >= 15 is 0 Å². The van der Waals surface area contributed by atoms with E-state index in [-0.39, 0.29) is 6.29 Å². The van der Waals surface area contributed by atoms with Crippen LogP contribution >= 0.6 is 7.14 Å². The molecule has 0 saturated heterocycles. The number of aliphatic carboxylic acids is 1. The van der Waals surface area contributed by atoms with Crippen molar-refractivity contribution in [2.45, 2.75) is 123 Å². The Morgan fingerprint density at radius 1 is 0.733 bits per heavy atom. The predicted octanol–water partition coefficient (Wildman–Crippen LogP) is 6.62. The van der Waals surface area contributed by atoms with Crippen LogP contribution in [0.5, 0.6) is 0 Å². The van der Waals surface area contributed by atoms with Crippen LogP contribution in [0, 0.1) is 0 Å². The second-order valence-electron chi connectivity index (χ2n) is 8.89. The van der Waals surface area contributed by atoms with Crippen molar-refractivity contribution < 1.29 is 19.6 Å². The topological polar surface area (TPSA) is 86.6 Å². The Morgan fingerprint density at radius 3 is 1.43 bits per heavy atom. The highest BCUT2D eigenvalue weighted by Crippen LogP contribution is 2.46. The van der Waals surface area contributed by atoms with Crippen molar-refractivity contribution >= 4 is 13.1 Å². The predicted molar refractivity (Wildman–Crippen MR) is 129 cm³/mol. The molecule has 0 bridgehead atoms. The average molecular weight is 448 g/mol. The molecule has 6 heteroatoms. The summed E-state index contributed by atoms with van der Waals surface area (Å²) < 4.78 is 13.5. The van der Waals surface area contributed by atoms with Crippen molar-refractivity contribution in [1.29, 1.82) is 0 Å². The fourth-order valence-electron chi connectivity index (χ4n) is 3.84. The van der Waals surface area contributed by atoms with E-state index in [9.17, 15) is 14.5 Å². The summed E-state index contributed by atoms with van der Waals surface area (Å²) in [6, 6.07) is -1.02. The lowest BCUT2D eigenvalue weighted by molar-refractivity contribution is -0.140. The summed E-state index contributed by atoms with van der Waals surface area (Å²) in [4.78, 5) is 11.1. The second kappa shape index (κ2) is 20.5. The Morgan fingerprint density at radius 2 is 1.10 bits per heavy atom. The van der Waals surface area contributed by atoms with Crippen LogP contribution in [0.1, 0.15) is 117 Å². The number of carbonyl (C=O) groups is 1. The molecule has 0 saturated carbocycles. The monoisotopic (exact) mass is 447 g/mol. The molecule has 0 unspecified atom stereocenters. The van der Waals surface area contributed by atoms with Gasteiger partial charge < -0.3 is 14.8 Å². The summed E-state index contributed by atoms with van der Waals surface area (Å²) >= 11 is 0. The number of nitrogens with one attached hydrogen (secondary N) is 1. The zero-order chi connectivity index (χ0) is 22.5. The Bertz CT molecular complexity index is 421. The van der Waals surface area contributed by atoms with Crippen LogP contribution in [-0.4, -0.2) is 47.4 Å². The molecular weight excluding hydrogens is 397 g/mol. The van der Waals surface area contributed by atoms with Crippen LogP contribution < -0.4 is 5.32 Å². The molecule has 1 atom stereocenters. The van der Waals surface area contributed by atoms with E-state index in [2.05, 4.69) is 19.2 Å². The Balaban J connectivity index is 4.27. The van der Waals surface area contributed by atoms with Crippen molar-refractivity contribution in [1.82, 2.24) is 5.32 Å². The maximum atomic E-state index is 13.5. The van der Waals surface area contributed by atoms with Gasteiger partial charge in [0.2, 0.25) is 0 Å². The minimum Gasteiger partial charge on any atom is -0.480 e. The summed E-state index contributed by atoms with van der Waals surface area (Å²) in [5.41, 5.74) is 0. The Labute approximate surface area is 186 Å². The maximum absolute atomic E-state index is 13.5. The summed E-state index contributed by atoms with van der Waals surface area (Å²) in [6.07, 6.45) is 21.0. The zero-order valence-electron chi connectivity index (χ0n) is 19.9. The van der Waals surface area contributed by atoms with E-state index in [1.165, 1.54) is 77.0 Å². The molecule has 0 aliphatic rings. The number of hydrogen-bond donors (Lipinski definition) is 3. The first-order valence-electron chi connectivity index (χ1n) is 12.6. The van der Waals surface area contributed by atoms with E-state index in [0.717, 1.165) is 25.7 Å². The van der Waals surface area contributed by atoms with Crippen molar-refractivity contribution in [3.63, 3.8) is 0 Å². The summed E-state index contributed by atoms with van der Waals surface area (Å²) in [5, 5.41) is 21.2. The van der Waals surface area contributed by atoms with Crippen LogP contribution in [-0.2, 0) is 9.36 Å². The van der Waals surface area contributed by atoms with Crippen LogP contribution in [0.4, 0.5) is 0 Å². The molecule has 0 aromatic carbocycles. The van der Waals surface area contributed by atoms with Gasteiger partial charge in [0, 0.05) is 12.3 Å². The summed E-state index contributed by atoms with van der Waals surface area (Å²) in [7, 11) is -2.44. The van der Waals surface area contributed by atoms with E-state index in [1.807, 2.05) is 0 Å². The van der Waals surface area contributed by atoms with Gasteiger partial charge in [0.15, 0.2) is 0 Å². The minimum atomic E-state index is -2.44. The van der Waals surface area contributed by atoms with Gasteiger partial charge in [0.1, 0.15) is 13.2 Å². The van der Waals surface area contributed by atoms with E-state index in [4.69, 9.17) is 5.11 Å². The molecule has 0 amide bonds. The molecule has 3 N–H and O–H groups in total. The van der Waals surface area contributed by atoms with Gasteiger partial charge in [-0.1, -0.05) is 104 Å². The molecule has 0 rings (SSSR count). The number of hydrogen-bond acceptors (Lipinski definition) is 4. The molecule has 5 nitrogen and oxygen atoms in total. The van der Waals surface area contributed by atoms with Crippen molar-refractivity contribution in [3.05, 3.63) is 0 Å². The minimum absolute atomic E-state index is 0.234. The largest absolute Gasteiger partial charge is 0.480 e. The number of aliphatic hydroxyl groups excluding tert-OH is 1. The van der Waals surface area contributed by atoms with Gasteiger partial charge in [-0.15, -0.1) is 0 Å². The molecule has 0 fully saturated rings. The molecule has 30 heavy (non-hydrogen) atoms. The van der Waals surface area contributed by atoms with Gasteiger partial charge >= 0.3 is 5.97 Å². The Kier molecular flexibility index (Phi) is 20.3. The van der Waals surface area contributed by atoms with E-state index in [0.29, 0.717) is 12.3 Å². The van der Waals surface area contributed by atoms with Crippen molar-refractivity contribution in [3.8, 4) is 0 Å². The molecule has 0 aromatic rings. The molecule has 0 heterocycles. The number of rotatable bonds is 23. The standard InChI is InChI=1S/C24H50NO4P/c1-3-5-7-9-11-13-15-17-19-30(29,22-25-23(21-26)24(27)28)20-18-16-14-12-10-8-6-4-2/h23,25-26H,3-22H2,1-2H3,(H,27,28)/t23-/m0/s1. The quantitative estimate of drug-likeness (QED) is 0.121. The van der Waals surface area contributed by atoms with Gasteiger partial charge in [-0.3, -0.25) is 10.1 Å². The summed E-state index contributed by atoms with van der Waals surface area (Å²) in [5.74, 6) is -1.08. The first kappa shape index (κ1) is 29.6. The molecule has 180 valence electrons. The number of unbranched alkanes of at least 4 members (excludes halogenated alkanes) is 14. The molecule has 0 spiro atoms.